The van der Waals surface area contributed by atoms with Gasteiger partial charge in [-0.15, -0.1) is 11.3 Å². The second-order valence-corrected chi connectivity index (χ2v) is 10.2. The molecule has 0 fully saturated rings. The van der Waals surface area contributed by atoms with Gasteiger partial charge in [0, 0.05) is 42.5 Å². The summed E-state index contributed by atoms with van der Waals surface area (Å²) >= 11 is 1.87. The molecule has 0 bridgehead atoms. The molecule has 0 saturated heterocycles. The Morgan fingerprint density at radius 2 is 1.84 bits per heavy atom. The number of nitrogens with one attached hydrogen (secondary N) is 2. The highest BCUT2D eigenvalue weighted by Gasteiger charge is 2.29. The second-order valence-electron chi connectivity index (χ2n) is 9.14. The van der Waals surface area contributed by atoms with Crippen LogP contribution in [0.4, 0.5) is 4.79 Å². The number of rotatable bonds is 8. The molecule has 3 heterocycles. The van der Waals surface area contributed by atoms with Crippen LogP contribution in [0.3, 0.4) is 0 Å². The van der Waals surface area contributed by atoms with E-state index in [-0.39, 0.29) is 12.1 Å². The first-order valence-electron chi connectivity index (χ1n) is 11.6. The number of urea groups is 1. The lowest BCUT2D eigenvalue weighted by Crippen LogP contribution is -2.38. The summed E-state index contributed by atoms with van der Waals surface area (Å²) in [4.78, 5) is 16.8. The molecule has 32 heavy (non-hydrogen) atoms. The predicted octanol–water partition coefficient (Wildman–Crippen LogP) is 5.50. The molecule has 1 atom stereocenters. The molecule has 2 N–H and O–H groups in total. The van der Waals surface area contributed by atoms with Gasteiger partial charge < -0.3 is 20.1 Å². The fourth-order valence-corrected chi connectivity index (χ4v) is 5.79. The average molecular weight is 451 g/mol. The van der Waals surface area contributed by atoms with Crippen molar-refractivity contribution in [2.75, 3.05) is 13.6 Å². The van der Waals surface area contributed by atoms with Crippen LogP contribution in [0.15, 0.2) is 54.9 Å². The van der Waals surface area contributed by atoms with Crippen LogP contribution in [0.5, 0.6) is 0 Å². The van der Waals surface area contributed by atoms with Gasteiger partial charge in [0.2, 0.25) is 0 Å². The molecule has 0 spiro atoms. The smallest absolute Gasteiger partial charge is 0.315 e. The number of benzene rings is 1. The summed E-state index contributed by atoms with van der Waals surface area (Å²) in [6.45, 7) is 7.06. The van der Waals surface area contributed by atoms with Gasteiger partial charge >= 0.3 is 6.03 Å². The van der Waals surface area contributed by atoms with Crippen molar-refractivity contribution in [3.05, 3.63) is 76.4 Å². The molecule has 6 heteroatoms. The third-order valence-corrected chi connectivity index (χ3v) is 7.34. The molecule has 0 radical (unpaired) electrons. The first-order valence-corrected chi connectivity index (χ1v) is 12.4. The van der Waals surface area contributed by atoms with Crippen LogP contribution in [-0.2, 0) is 19.5 Å². The molecule has 0 aliphatic carbocycles. The van der Waals surface area contributed by atoms with E-state index in [0.717, 1.165) is 37.9 Å². The van der Waals surface area contributed by atoms with E-state index < -0.39 is 0 Å². The Labute approximate surface area is 195 Å². The van der Waals surface area contributed by atoms with Crippen molar-refractivity contribution < 1.29 is 4.79 Å². The molecule has 4 rings (SSSR count). The summed E-state index contributed by atoms with van der Waals surface area (Å²) in [7, 11) is 2.18. The van der Waals surface area contributed by atoms with E-state index in [1.807, 2.05) is 41.7 Å². The SMILES string of the molecule is CC(C)CC[C@H](NC(=O)NCc1ccccc1)c1c(-n2cccc2)sc2c1CCN(C)C2. The minimum absolute atomic E-state index is 0.00557. The third kappa shape index (κ3) is 5.43. The summed E-state index contributed by atoms with van der Waals surface area (Å²) in [6.07, 6.45) is 7.26. The number of likely N-dealkylation sites (N-methyl/N-ethyl adjacent to an activating group) is 1. The Morgan fingerprint density at radius 3 is 2.56 bits per heavy atom. The van der Waals surface area contributed by atoms with E-state index in [2.05, 4.69) is 65.5 Å². The fourth-order valence-electron chi connectivity index (χ4n) is 4.34. The fraction of sp³-hybridized carbons (Fsp3) is 0.423. The number of hydrogen-bond acceptors (Lipinski definition) is 3. The number of amides is 2. The summed E-state index contributed by atoms with van der Waals surface area (Å²) < 4.78 is 2.21. The highest BCUT2D eigenvalue weighted by atomic mass is 32.1. The minimum Gasteiger partial charge on any atom is -0.334 e. The van der Waals surface area contributed by atoms with E-state index in [1.165, 1.54) is 21.0 Å². The Balaban J connectivity index is 1.61. The molecule has 0 saturated carbocycles. The lowest BCUT2D eigenvalue weighted by atomic mass is 9.93. The molecule has 2 amide bonds. The molecule has 1 aliphatic rings. The van der Waals surface area contributed by atoms with Crippen LogP contribution >= 0.6 is 11.3 Å². The summed E-state index contributed by atoms with van der Waals surface area (Å²) in [5, 5.41) is 7.64. The molecule has 1 aliphatic heterocycles. The maximum Gasteiger partial charge on any atom is 0.315 e. The van der Waals surface area contributed by atoms with E-state index in [4.69, 9.17) is 0 Å². The van der Waals surface area contributed by atoms with E-state index in [1.54, 1.807) is 0 Å². The first-order chi connectivity index (χ1) is 15.5. The van der Waals surface area contributed by atoms with E-state index in [0.29, 0.717) is 12.5 Å². The zero-order chi connectivity index (χ0) is 22.5. The van der Waals surface area contributed by atoms with Crippen LogP contribution in [0.25, 0.3) is 5.00 Å². The van der Waals surface area contributed by atoms with Crippen LogP contribution in [0.2, 0.25) is 0 Å². The molecule has 170 valence electrons. The van der Waals surface area contributed by atoms with Gasteiger partial charge in [0.15, 0.2) is 0 Å². The van der Waals surface area contributed by atoms with E-state index >= 15 is 0 Å². The number of hydrogen-bond donors (Lipinski definition) is 2. The largest absolute Gasteiger partial charge is 0.334 e. The van der Waals surface area contributed by atoms with Gasteiger partial charge in [-0.25, -0.2) is 4.79 Å². The number of fused-ring (bicyclic) bond motifs is 1. The standard InChI is InChI=1S/C26H34N4OS/c1-19(2)11-12-22(28-26(31)27-17-20-9-5-4-6-10-20)24-21-13-16-29(3)18-23(21)32-25(24)30-14-7-8-15-30/h4-10,14-15,19,22H,11-13,16-18H2,1-3H3,(H2,27,28,31)/t22-/m0/s1. The van der Waals surface area contributed by atoms with E-state index in [9.17, 15) is 4.79 Å². The number of carbonyl (C=O) groups is 1. The number of aromatic nitrogens is 1. The van der Waals surface area contributed by atoms with Gasteiger partial charge in [-0.3, -0.25) is 0 Å². The van der Waals surface area contributed by atoms with Gasteiger partial charge in [-0.05, 0) is 55.5 Å². The highest BCUT2D eigenvalue weighted by molar-refractivity contribution is 7.15. The minimum atomic E-state index is -0.103. The average Bonchev–Trinajstić information content (AvgIpc) is 3.43. The van der Waals surface area contributed by atoms with Crippen molar-refractivity contribution in [1.82, 2.24) is 20.1 Å². The number of carbonyl (C=O) groups excluding carboxylic acids is 1. The lowest BCUT2D eigenvalue weighted by Gasteiger charge is -2.26. The first kappa shape index (κ1) is 22.6. The third-order valence-electron chi connectivity index (χ3n) is 6.09. The van der Waals surface area contributed by atoms with Gasteiger partial charge in [0.05, 0.1) is 6.04 Å². The van der Waals surface area contributed by atoms with Crippen molar-refractivity contribution in [3.8, 4) is 5.00 Å². The summed E-state index contributed by atoms with van der Waals surface area (Å²) in [5.74, 6) is 0.585. The zero-order valence-electron chi connectivity index (χ0n) is 19.3. The van der Waals surface area contributed by atoms with Gasteiger partial charge in [0.25, 0.3) is 0 Å². The van der Waals surface area contributed by atoms with Gasteiger partial charge in [-0.2, -0.15) is 0 Å². The molecule has 0 unspecified atom stereocenters. The van der Waals surface area contributed by atoms with Crippen LogP contribution in [0.1, 0.15) is 54.3 Å². The van der Waals surface area contributed by atoms with Crippen molar-refractivity contribution in [3.63, 3.8) is 0 Å². The molecule has 5 nitrogen and oxygen atoms in total. The monoisotopic (exact) mass is 450 g/mol. The van der Waals surface area contributed by atoms with Crippen molar-refractivity contribution in [1.29, 1.82) is 0 Å². The maximum atomic E-state index is 13.0. The van der Waals surface area contributed by atoms with Crippen molar-refractivity contribution in [2.24, 2.45) is 5.92 Å². The topological polar surface area (TPSA) is 49.3 Å². The normalized spacial score (nSPS) is 14.9. The molecular formula is C26H34N4OS. The quantitative estimate of drug-likeness (QED) is 0.476. The maximum absolute atomic E-state index is 13.0. The van der Waals surface area contributed by atoms with Crippen LogP contribution < -0.4 is 10.6 Å². The molecule has 3 aromatic rings. The van der Waals surface area contributed by atoms with Crippen LogP contribution in [0, 0.1) is 5.92 Å². The molecule has 1 aromatic carbocycles. The summed E-state index contributed by atoms with van der Waals surface area (Å²) in [5.41, 5.74) is 3.85. The number of thiophene rings is 1. The van der Waals surface area contributed by atoms with Crippen LogP contribution in [-0.4, -0.2) is 29.1 Å². The zero-order valence-corrected chi connectivity index (χ0v) is 20.1. The Hall–Kier alpha value is -2.57. The lowest BCUT2D eigenvalue weighted by molar-refractivity contribution is 0.235. The Kier molecular flexibility index (Phi) is 7.33. The Morgan fingerprint density at radius 1 is 1.09 bits per heavy atom. The van der Waals surface area contributed by atoms with Crippen molar-refractivity contribution >= 4 is 17.4 Å². The number of nitrogens with zero attached hydrogens (tertiary/aromatic N) is 2. The Bertz CT molecular complexity index is 1010. The van der Waals surface area contributed by atoms with Crippen molar-refractivity contribution in [2.45, 2.75) is 52.2 Å². The predicted molar refractivity (Wildman–Crippen MR) is 132 cm³/mol. The summed E-state index contributed by atoms with van der Waals surface area (Å²) in [6, 6.07) is 14.1. The van der Waals surface area contributed by atoms with Gasteiger partial charge in [-0.1, -0.05) is 44.2 Å². The van der Waals surface area contributed by atoms with Gasteiger partial charge in [0.1, 0.15) is 5.00 Å². The second kappa shape index (κ2) is 10.4. The molecular weight excluding hydrogens is 416 g/mol. The highest BCUT2D eigenvalue weighted by Crippen LogP contribution is 2.40. The molecule has 2 aromatic heterocycles.